The number of esters is 1. The van der Waals surface area contributed by atoms with E-state index in [0.717, 1.165) is 0 Å². The van der Waals surface area contributed by atoms with E-state index in [4.69, 9.17) is 10.6 Å². The van der Waals surface area contributed by atoms with E-state index < -0.39 is 5.97 Å². The van der Waals surface area contributed by atoms with Crippen LogP contribution >= 0.6 is 0 Å². The van der Waals surface area contributed by atoms with Crippen LogP contribution in [0.2, 0.25) is 0 Å². The Labute approximate surface area is 70.5 Å². The monoisotopic (exact) mass is 172 g/mol. The lowest BCUT2D eigenvalue weighted by atomic mass is 10.3. The number of aliphatic hydroxyl groups is 1. The molecule has 0 saturated heterocycles. The molecule has 0 aromatic rings. The van der Waals surface area contributed by atoms with E-state index in [1.54, 1.807) is 13.8 Å². The highest BCUT2D eigenvalue weighted by molar-refractivity contribution is 5.88. The maximum absolute atomic E-state index is 10.9. The summed E-state index contributed by atoms with van der Waals surface area (Å²) in [5.74, 6) is -0.977. The summed E-state index contributed by atoms with van der Waals surface area (Å²) in [5, 5.41) is 12.0. The molecule has 0 heterocycles. The summed E-state index contributed by atoms with van der Waals surface area (Å²) in [6, 6.07) is 0. The molecule has 0 atom stereocenters. The third-order valence-electron chi connectivity index (χ3n) is 1.19. The fourth-order valence-corrected chi connectivity index (χ4v) is 0.595. The maximum Gasteiger partial charge on any atom is 0.362 e. The van der Waals surface area contributed by atoms with Gasteiger partial charge in [0.2, 0.25) is 5.70 Å². The molecule has 2 N–H and O–H groups in total. The minimum atomic E-state index is -0.758. The van der Waals surface area contributed by atoms with Crippen molar-refractivity contribution >= 4 is 5.97 Å². The van der Waals surface area contributed by atoms with Crippen molar-refractivity contribution in [3.63, 3.8) is 0 Å². The molecule has 0 radical (unpaired) electrons. The second-order valence-electron chi connectivity index (χ2n) is 1.98. The topological polar surface area (TPSA) is 82.7 Å². The van der Waals surface area contributed by atoms with Crippen LogP contribution in [0.15, 0.2) is 16.6 Å². The quantitative estimate of drug-likeness (QED) is 0.293. The first-order chi connectivity index (χ1) is 5.67. The maximum atomic E-state index is 10.9. The number of allylic oxidation sites excluding steroid dienone is 1. The van der Waals surface area contributed by atoms with Crippen LogP contribution in [0.1, 0.15) is 20.3 Å². The van der Waals surface area contributed by atoms with Gasteiger partial charge in [-0.25, -0.2) is 10.3 Å². The average molecular weight is 172 g/mol. The first-order valence-electron chi connectivity index (χ1n) is 3.64. The van der Waals surface area contributed by atoms with E-state index in [1.807, 2.05) is 0 Å². The molecule has 0 rings (SSSR count). The van der Waals surface area contributed by atoms with Gasteiger partial charge in [0.1, 0.15) is 5.76 Å². The number of aliphatic hydroxyl groups excluding tert-OH is 1. The summed E-state index contributed by atoms with van der Waals surface area (Å²) in [6.45, 7) is 3.50. The van der Waals surface area contributed by atoms with Gasteiger partial charge in [-0.2, -0.15) is 0 Å². The lowest BCUT2D eigenvalue weighted by Crippen LogP contribution is -2.08. The van der Waals surface area contributed by atoms with E-state index in [-0.39, 0.29) is 24.5 Å². The van der Waals surface area contributed by atoms with Gasteiger partial charge >= 0.3 is 5.97 Å². The van der Waals surface area contributed by atoms with Crippen molar-refractivity contribution in [2.75, 3.05) is 6.61 Å². The number of ether oxygens (including phenoxy) is 1. The van der Waals surface area contributed by atoms with E-state index in [9.17, 15) is 4.79 Å². The van der Waals surface area contributed by atoms with Crippen molar-refractivity contribution in [3.05, 3.63) is 11.5 Å². The first-order valence-corrected chi connectivity index (χ1v) is 3.64. The standard InChI is InChI=1S/C7H12N2O3/c1-3-5(10)6(9-8)7(11)12-4-2/h8,10H,3-4H2,1-2H3. The van der Waals surface area contributed by atoms with Crippen LogP contribution < -0.4 is 0 Å². The van der Waals surface area contributed by atoms with E-state index in [0.29, 0.717) is 0 Å². The smallest absolute Gasteiger partial charge is 0.362 e. The summed E-state index contributed by atoms with van der Waals surface area (Å²) in [7, 11) is 0. The van der Waals surface area contributed by atoms with Crippen LogP contribution in [-0.4, -0.2) is 17.7 Å². The normalized spacial score (nSPS) is 11.8. The molecule has 0 aliphatic rings. The third-order valence-corrected chi connectivity index (χ3v) is 1.19. The Balaban J connectivity index is 4.55. The minimum absolute atomic E-state index is 0.203. The highest BCUT2D eigenvalue weighted by atomic mass is 16.5. The molecule has 0 fully saturated rings. The highest BCUT2D eigenvalue weighted by Gasteiger charge is 2.14. The van der Waals surface area contributed by atoms with Crippen molar-refractivity contribution in [2.24, 2.45) is 5.11 Å². The Kier molecular flexibility index (Phi) is 4.67. The largest absolute Gasteiger partial charge is 0.510 e. The lowest BCUT2D eigenvalue weighted by Gasteiger charge is -2.01. The second-order valence-corrected chi connectivity index (χ2v) is 1.98. The van der Waals surface area contributed by atoms with Crippen molar-refractivity contribution in [2.45, 2.75) is 20.3 Å². The highest BCUT2D eigenvalue weighted by Crippen LogP contribution is 2.08. The Morgan fingerprint density at radius 3 is 2.50 bits per heavy atom. The molecule has 12 heavy (non-hydrogen) atoms. The van der Waals surface area contributed by atoms with Gasteiger partial charge in [-0.15, -0.1) is 5.11 Å². The molecule has 0 spiro atoms. The Morgan fingerprint density at radius 2 is 2.17 bits per heavy atom. The Bertz CT molecular complexity index is 211. The molecule has 0 saturated carbocycles. The fourth-order valence-electron chi connectivity index (χ4n) is 0.595. The van der Waals surface area contributed by atoms with Crippen LogP contribution in [0.3, 0.4) is 0 Å². The third kappa shape index (κ3) is 2.69. The zero-order valence-electron chi connectivity index (χ0n) is 7.13. The molecule has 0 unspecified atom stereocenters. The predicted octanol–water partition coefficient (Wildman–Crippen LogP) is 1.76. The number of carbonyl (C=O) groups excluding carboxylic acids is 1. The zero-order chi connectivity index (χ0) is 9.56. The molecule has 5 nitrogen and oxygen atoms in total. The molecule has 0 aromatic heterocycles. The molecule has 0 amide bonds. The molecule has 0 aliphatic heterocycles. The van der Waals surface area contributed by atoms with Crippen LogP contribution in [-0.2, 0) is 9.53 Å². The fraction of sp³-hybridized carbons (Fsp3) is 0.571. The molecule has 0 aromatic carbocycles. The van der Waals surface area contributed by atoms with Gasteiger partial charge in [-0.1, -0.05) is 6.92 Å². The number of hydrogen-bond acceptors (Lipinski definition) is 5. The van der Waals surface area contributed by atoms with Crippen molar-refractivity contribution in [3.8, 4) is 0 Å². The summed E-state index contributed by atoms with van der Waals surface area (Å²) in [5.41, 5.74) is 6.29. The van der Waals surface area contributed by atoms with Crippen molar-refractivity contribution in [1.82, 2.24) is 0 Å². The molecular weight excluding hydrogens is 160 g/mol. The van der Waals surface area contributed by atoms with Gasteiger partial charge in [0.15, 0.2) is 0 Å². The summed E-state index contributed by atoms with van der Waals surface area (Å²) >= 11 is 0. The Morgan fingerprint density at radius 1 is 1.58 bits per heavy atom. The lowest BCUT2D eigenvalue weighted by molar-refractivity contribution is -0.138. The number of nitrogens with zero attached hydrogens (tertiary/aromatic N) is 1. The summed E-state index contributed by atoms with van der Waals surface area (Å²) < 4.78 is 4.55. The van der Waals surface area contributed by atoms with E-state index in [2.05, 4.69) is 9.85 Å². The van der Waals surface area contributed by atoms with Crippen molar-refractivity contribution in [1.29, 1.82) is 5.53 Å². The van der Waals surface area contributed by atoms with E-state index >= 15 is 0 Å². The van der Waals surface area contributed by atoms with Crippen molar-refractivity contribution < 1.29 is 14.6 Å². The van der Waals surface area contributed by atoms with Crippen LogP contribution in [0, 0.1) is 5.53 Å². The second kappa shape index (κ2) is 5.29. The van der Waals surface area contributed by atoms with Gasteiger partial charge in [0.05, 0.1) is 6.61 Å². The number of nitrogens with one attached hydrogen (secondary N) is 1. The van der Waals surface area contributed by atoms with Crippen LogP contribution in [0.4, 0.5) is 0 Å². The number of carbonyl (C=O) groups is 1. The molecule has 68 valence electrons. The van der Waals surface area contributed by atoms with Gasteiger partial charge in [0, 0.05) is 6.42 Å². The summed E-state index contributed by atoms with van der Waals surface area (Å²) in [4.78, 5) is 10.9. The van der Waals surface area contributed by atoms with Crippen LogP contribution in [0.25, 0.3) is 0 Å². The number of rotatable bonds is 4. The van der Waals surface area contributed by atoms with Gasteiger partial charge in [0.25, 0.3) is 0 Å². The van der Waals surface area contributed by atoms with E-state index in [1.165, 1.54) is 0 Å². The number of hydrogen-bond donors (Lipinski definition) is 2. The zero-order valence-corrected chi connectivity index (χ0v) is 7.13. The summed E-state index contributed by atoms with van der Waals surface area (Å²) in [6.07, 6.45) is 0.260. The van der Waals surface area contributed by atoms with Crippen LogP contribution in [0.5, 0.6) is 0 Å². The Hall–Kier alpha value is -1.39. The minimum Gasteiger partial charge on any atom is -0.510 e. The molecular formula is C7H12N2O3. The average Bonchev–Trinajstić information content (AvgIpc) is 2.06. The molecule has 0 bridgehead atoms. The molecule has 5 heteroatoms. The van der Waals surface area contributed by atoms with Gasteiger partial charge in [-0.05, 0) is 6.92 Å². The SMILES string of the molecule is CCOC(=O)C(N=N)=C(O)CC. The van der Waals surface area contributed by atoms with Gasteiger partial charge in [-0.3, -0.25) is 0 Å². The molecule has 0 aliphatic carbocycles. The first kappa shape index (κ1) is 10.6. The predicted molar refractivity (Wildman–Crippen MR) is 41.7 cm³/mol. The van der Waals surface area contributed by atoms with Gasteiger partial charge < -0.3 is 9.84 Å².